The predicted molar refractivity (Wildman–Crippen MR) is 53.2 cm³/mol. The molecule has 16 heavy (non-hydrogen) atoms. The molecule has 0 aromatic heterocycles. The fourth-order valence-electron chi connectivity index (χ4n) is 2.00. The second-order valence-electron chi connectivity index (χ2n) is 4.02. The smallest absolute Gasteiger partial charge is 0.305 e. The highest BCUT2D eigenvalue weighted by Crippen LogP contribution is 2.32. The molecule has 6 heteroatoms. The van der Waals surface area contributed by atoms with Crippen LogP contribution in [0, 0.1) is 5.92 Å². The molecule has 5 nitrogen and oxygen atoms in total. The zero-order chi connectivity index (χ0) is 12.3. The van der Waals surface area contributed by atoms with Gasteiger partial charge in [0.15, 0.2) is 0 Å². The van der Waals surface area contributed by atoms with Crippen LogP contribution in [0.25, 0.3) is 0 Å². The van der Waals surface area contributed by atoms with Crippen molar-refractivity contribution in [3.8, 4) is 0 Å². The van der Waals surface area contributed by atoms with E-state index in [1.54, 1.807) is 0 Å². The van der Waals surface area contributed by atoms with Crippen molar-refractivity contribution in [2.24, 2.45) is 5.92 Å². The first-order chi connectivity index (χ1) is 7.45. The highest BCUT2D eigenvalue weighted by Gasteiger charge is 2.44. The minimum Gasteiger partial charge on any atom is -0.469 e. The van der Waals surface area contributed by atoms with Crippen molar-refractivity contribution in [3.05, 3.63) is 0 Å². The molecule has 0 radical (unpaired) electrons. The molecule has 0 heterocycles. The Hall–Kier alpha value is -1.17. The van der Waals surface area contributed by atoms with Gasteiger partial charge < -0.3 is 15.2 Å². The summed E-state index contributed by atoms with van der Waals surface area (Å²) in [7, 11) is 1.23. The molecule has 0 bridgehead atoms. The van der Waals surface area contributed by atoms with Crippen LogP contribution in [0.1, 0.15) is 19.8 Å². The van der Waals surface area contributed by atoms with Crippen LogP contribution in [0.5, 0.6) is 0 Å². The Labute approximate surface area is 93.0 Å². The molecule has 0 unspecified atom stereocenters. The molecule has 0 aromatic rings. The molecule has 2 N–H and O–H groups in total. The molecule has 1 aliphatic carbocycles. The van der Waals surface area contributed by atoms with Crippen molar-refractivity contribution < 1.29 is 23.8 Å². The first-order valence-corrected chi connectivity index (χ1v) is 5.11. The van der Waals surface area contributed by atoms with Crippen molar-refractivity contribution in [3.63, 3.8) is 0 Å². The van der Waals surface area contributed by atoms with Gasteiger partial charge in [0.1, 0.15) is 12.3 Å². The average molecular weight is 233 g/mol. The molecular weight excluding hydrogens is 217 g/mol. The van der Waals surface area contributed by atoms with Crippen LogP contribution >= 0.6 is 0 Å². The zero-order valence-corrected chi connectivity index (χ0v) is 9.27. The quantitative estimate of drug-likeness (QED) is 0.660. The van der Waals surface area contributed by atoms with Crippen molar-refractivity contribution in [1.82, 2.24) is 5.32 Å². The van der Waals surface area contributed by atoms with Crippen LogP contribution in [0.2, 0.25) is 0 Å². The van der Waals surface area contributed by atoms with E-state index in [9.17, 15) is 19.1 Å². The third kappa shape index (κ3) is 2.91. The minimum absolute atomic E-state index is 0.0786. The van der Waals surface area contributed by atoms with Gasteiger partial charge in [-0.3, -0.25) is 9.59 Å². The zero-order valence-electron chi connectivity index (χ0n) is 9.27. The number of ether oxygens (including phenoxy) is 1. The van der Waals surface area contributed by atoms with Gasteiger partial charge in [0.05, 0.1) is 19.6 Å². The number of carbonyl (C=O) groups excluding carboxylic acids is 2. The number of methoxy groups -OCH3 is 1. The Kier molecular flexibility index (Phi) is 4.23. The van der Waals surface area contributed by atoms with Crippen LogP contribution in [0.15, 0.2) is 0 Å². The molecule has 92 valence electrons. The molecule has 1 rings (SSSR count). The lowest BCUT2D eigenvalue weighted by Gasteiger charge is -2.15. The molecule has 0 aliphatic heterocycles. The van der Waals surface area contributed by atoms with E-state index < -0.39 is 30.2 Å². The minimum atomic E-state index is -1.50. The van der Waals surface area contributed by atoms with Crippen molar-refractivity contribution >= 4 is 11.9 Å². The molecule has 1 fully saturated rings. The van der Waals surface area contributed by atoms with Crippen molar-refractivity contribution in [1.29, 1.82) is 0 Å². The lowest BCUT2D eigenvalue weighted by Crippen LogP contribution is -2.41. The molecule has 0 spiro atoms. The number of halogens is 1. The van der Waals surface area contributed by atoms with E-state index in [4.69, 9.17) is 0 Å². The summed E-state index contributed by atoms with van der Waals surface area (Å²) < 4.78 is 18.0. The van der Waals surface area contributed by atoms with Gasteiger partial charge in [-0.2, -0.15) is 0 Å². The van der Waals surface area contributed by atoms with Gasteiger partial charge in [-0.05, 0) is 6.42 Å². The summed E-state index contributed by atoms with van der Waals surface area (Å²) in [6, 6.07) is -0.623. The standard InChI is InChI=1S/C10H16FNO4/c1-5(13)12-7-3-6(4-8(14)16-2)9(11)10(7)15/h6-7,9-10,15H,3-4H2,1-2H3,(H,12,13)/t6-,7-,9-,10-/m1/s1. The number of aliphatic hydroxyl groups excluding tert-OH is 1. The highest BCUT2D eigenvalue weighted by atomic mass is 19.1. The molecule has 1 saturated carbocycles. The lowest BCUT2D eigenvalue weighted by molar-refractivity contribution is -0.142. The molecule has 0 saturated heterocycles. The fraction of sp³-hybridized carbons (Fsp3) is 0.800. The van der Waals surface area contributed by atoms with Crippen LogP contribution < -0.4 is 5.32 Å². The average Bonchev–Trinajstić information content (AvgIpc) is 2.46. The number of nitrogens with one attached hydrogen (secondary N) is 1. The number of amides is 1. The van der Waals surface area contributed by atoms with Crippen molar-refractivity contribution in [2.45, 2.75) is 38.1 Å². The number of alkyl halides is 1. The second-order valence-corrected chi connectivity index (χ2v) is 4.02. The normalized spacial score (nSPS) is 33.5. The van der Waals surface area contributed by atoms with Gasteiger partial charge >= 0.3 is 5.97 Å². The number of rotatable bonds is 3. The van der Waals surface area contributed by atoms with Gasteiger partial charge in [0, 0.05) is 12.8 Å². The number of hydrogen-bond donors (Lipinski definition) is 2. The molecule has 1 amide bonds. The Morgan fingerprint density at radius 3 is 2.69 bits per heavy atom. The SMILES string of the molecule is COC(=O)C[C@H]1C[C@@H](NC(C)=O)[C@@H](O)[C@@H]1F. The van der Waals surface area contributed by atoms with Crippen LogP contribution in [0.4, 0.5) is 4.39 Å². The van der Waals surface area contributed by atoms with Crippen LogP contribution in [-0.4, -0.2) is 42.4 Å². The van der Waals surface area contributed by atoms with Gasteiger partial charge in [-0.15, -0.1) is 0 Å². The number of esters is 1. The Morgan fingerprint density at radius 1 is 1.56 bits per heavy atom. The molecule has 4 atom stereocenters. The van der Waals surface area contributed by atoms with E-state index in [2.05, 4.69) is 10.1 Å². The first-order valence-electron chi connectivity index (χ1n) is 5.11. The summed E-state index contributed by atoms with van der Waals surface area (Å²) >= 11 is 0. The van der Waals surface area contributed by atoms with Gasteiger partial charge in [-0.1, -0.05) is 0 Å². The molecule has 0 aromatic carbocycles. The number of carbonyl (C=O) groups is 2. The van der Waals surface area contributed by atoms with E-state index in [1.165, 1.54) is 14.0 Å². The largest absolute Gasteiger partial charge is 0.469 e. The molecule has 1 aliphatic rings. The predicted octanol–water partition coefficient (Wildman–Crippen LogP) is -0.227. The maximum atomic E-state index is 13.6. The number of aliphatic hydroxyl groups is 1. The second kappa shape index (κ2) is 5.25. The van der Waals surface area contributed by atoms with E-state index in [0.29, 0.717) is 0 Å². The fourth-order valence-corrected chi connectivity index (χ4v) is 2.00. The topological polar surface area (TPSA) is 75.6 Å². The Bertz CT molecular complexity index is 284. The lowest BCUT2D eigenvalue weighted by atomic mass is 10.0. The third-order valence-corrected chi connectivity index (χ3v) is 2.79. The van der Waals surface area contributed by atoms with Gasteiger partial charge in [0.2, 0.25) is 5.91 Å². The third-order valence-electron chi connectivity index (χ3n) is 2.79. The summed E-state index contributed by atoms with van der Waals surface area (Å²) in [6.45, 7) is 1.30. The van der Waals surface area contributed by atoms with Crippen LogP contribution in [0.3, 0.4) is 0 Å². The highest BCUT2D eigenvalue weighted by molar-refractivity contribution is 5.73. The van der Waals surface area contributed by atoms with Crippen molar-refractivity contribution in [2.75, 3.05) is 7.11 Å². The van der Waals surface area contributed by atoms with E-state index >= 15 is 0 Å². The summed E-state index contributed by atoms with van der Waals surface area (Å²) in [5.74, 6) is -1.43. The van der Waals surface area contributed by atoms with E-state index in [0.717, 1.165) is 0 Å². The summed E-state index contributed by atoms with van der Waals surface area (Å²) in [6.07, 6.45) is -2.59. The monoisotopic (exact) mass is 233 g/mol. The Balaban J connectivity index is 2.57. The summed E-state index contributed by atoms with van der Waals surface area (Å²) in [5.41, 5.74) is 0. The van der Waals surface area contributed by atoms with Crippen LogP contribution in [-0.2, 0) is 14.3 Å². The molecular formula is C10H16FNO4. The van der Waals surface area contributed by atoms with E-state index in [-0.39, 0.29) is 18.7 Å². The number of hydrogen-bond acceptors (Lipinski definition) is 4. The first kappa shape index (κ1) is 12.9. The van der Waals surface area contributed by atoms with Gasteiger partial charge in [0.25, 0.3) is 0 Å². The Morgan fingerprint density at radius 2 is 2.19 bits per heavy atom. The van der Waals surface area contributed by atoms with E-state index in [1.807, 2.05) is 0 Å². The maximum absolute atomic E-state index is 13.6. The van der Waals surface area contributed by atoms with Gasteiger partial charge in [-0.25, -0.2) is 4.39 Å². The summed E-state index contributed by atoms with van der Waals surface area (Å²) in [4.78, 5) is 21.8. The maximum Gasteiger partial charge on any atom is 0.305 e. The summed E-state index contributed by atoms with van der Waals surface area (Å²) in [5, 5.41) is 12.0.